The summed E-state index contributed by atoms with van der Waals surface area (Å²) in [4.78, 5) is 24.7. The number of fused-ring (bicyclic) bond motifs is 1. The van der Waals surface area contributed by atoms with Gasteiger partial charge in [-0.25, -0.2) is 14.8 Å². The molecule has 0 spiro atoms. The minimum absolute atomic E-state index is 0.0695. The van der Waals surface area contributed by atoms with E-state index >= 15 is 0 Å². The van der Waals surface area contributed by atoms with Crippen molar-refractivity contribution in [1.29, 1.82) is 0 Å². The van der Waals surface area contributed by atoms with Crippen LogP contribution in [0, 0.1) is 0 Å². The first kappa shape index (κ1) is 19.8. The average Bonchev–Trinajstić information content (AvgIpc) is 3.10. The Bertz CT molecular complexity index is 1280. The van der Waals surface area contributed by atoms with E-state index in [4.69, 9.17) is 16.6 Å². The number of aromatic nitrogens is 4. The van der Waals surface area contributed by atoms with Gasteiger partial charge >= 0.3 is 5.69 Å². The van der Waals surface area contributed by atoms with Gasteiger partial charge in [0.2, 0.25) is 0 Å². The van der Waals surface area contributed by atoms with Gasteiger partial charge in [0.15, 0.2) is 5.82 Å². The van der Waals surface area contributed by atoms with E-state index in [1.165, 1.54) is 0 Å². The predicted octanol–water partition coefficient (Wildman–Crippen LogP) is 4.77. The van der Waals surface area contributed by atoms with E-state index in [2.05, 4.69) is 9.88 Å². The van der Waals surface area contributed by atoms with Crippen LogP contribution in [0.3, 0.4) is 0 Å². The van der Waals surface area contributed by atoms with Crippen LogP contribution in [0.25, 0.3) is 22.4 Å². The Hall–Kier alpha value is -3.12. The number of halogens is 1. The fourth-order valence-electron chi connectivity index (χ4n) is 4.53. The summed E-state index contributed by atoms with van der Waals surface area (Å²) in [6.07, 6.45) is 3.78. The first-order chi connectivity index (χ1) is 15.2. The van der Waals surface area contributed by atoms with Crippen molar-refractivity contribution in [3.8, 4) is 11.4 Å². The van der Waals surface area contributed by atoms with Crippen LogP contribution in [0.4, 0.5) is 5.82 Å². The highest BCUT2D eigenvalue weighted by Gasteiger charge is 2.26. The molecule has 2 aromatic carbocycles. The van der Waals surface area contributed by atoms with Crippen molar-refractivity contribution in [3.63, 3.8) is 0 Å². The minimum atomic E-state index is 0.0695. The molecule has 0 radical (unpaired) electrons. The van der Waals surface area contributed by atoms with E-state index < -0.39 is 0 Å². The van der Waals surface area contributed by atoms with Crippen molar-refractivity contribution >= 4 is 28.5 Å². The van der Waals surface area contributed by atoms with Crippen LogP contribution in [-0.4, -0.2) is 32.2 Å². The van der Waals surface area contributed by atoms with Crippen LogP contribution in [0.2, 0.25) is 5.02 Å². The zero-order valence-electron chi connectivity index (χ0n) is 17.4. The number of rotatable bonds is 4. The van der Waals surface area contributed by atoms with Crippen molar-refractivity contribution in [2.75, 3.05) is 18.0 Å². The second-order valence-corrected chi connectivity index (χ2v) is 8.31. The zero-order valence-corrected chi connectivity index (χ0v) is 18.2. The Morgan fingerprint density at radius 2 is 1.84 bits per heavy atom. The Morgan fingerprint density at radius 1 is 1.06 bits per heavy atom. The molecule has 0 amide bonds. The molecule has 1 saturated heterocycles. The molecular formula is C24H24ClN5O. The summed E-state index contributed by atoms with van der Waals surface area (Å²) in [7, 11) is 0. The SMILES string of the molecule is CCn1c(=O)n([C@H]2CCCN(c3ccnc(-c4ccc(Cl)cc4)n3)C2)c2ccccc21. The molecule has 6 nitrogen and oxygen atoms in total. The average molecular weight is 434 g/mol. The monoisotopic (exact) mass is 433 g/mol. The third-order valence-electron chi connectivity index (χ3n) is 6.01. The summed E-state index contributed by atoms with van der Waals surface area (Å²) >= 11 is 6.01. The molecule has 158 valence electrons. The lowest BCUT2D eigenvalue weighted by atomic mass is 10.1. The molecule has 4 aromatic rings. The van der Waals surface area contributed by atoms with Crippen molar-refractivity contribution < 1.29 is 0 Å². The number of hydrogen-bond acceptors (Lipinski definition) is 4. The number of imidazole rings is 1. The number of piperidine rings is 1. The lowest BCUT2D eigenvalue weighted by molar-refractivity contribution is 0.399. The minimum Gasteiger partial charge on any atom is -0.354 e. The van der Waals surface area contributed by atoms with E-state index in [1.54, 1.807) is 6.20 Å². The smallest absolute Gasteiger partial charge is 0.329 e. The standard InChI is InChI=1S/C24H24ClN5O/c1-2-29-20-7-3-4-8-21(20)30(24(29)31)19-6-5-15-28(16-19)22-13-14-26-23(27-22)17-9-11-18(25)12-10-17/h3-4,7-14,19H,2,5-6,15-16H2,1H3/t19-/m0/s1. The van der Waals surface area contributed by atoms with Crippen LogP contribution in [0.15, 0.2) is 65.6 Å². The second kappa shape index (κ2) is 8.19. The van der Waals surface area contributed by atoms with Crippen molar-refractivity contribution in [2.24, 2.45) is 0 Å². The van der Waals surface area contributed by atoms with Crippen LogP contribution < -0.4 is 10.6 Å². The Balaban J connectivity index is 1.48. The highest BCUT2D eigenvalue weighted by atomic mass is 35.5. The zero-order chi connectivity index (χ0) is 21.4. The third kappa shape index (κ3) is 3.61. The maximum atomic E-state index is 13.2. The number of anilines is 1. The van der Waals surface area contributed by atoms with Crippen molar-refractivity contribution in [1.82, 2.24) is 19.1 Å². The maximum absolute atomic E-state index is 13.2. The Labute approximate surface area is 185 Å². The van der Waals surface area contributed by atoms with E-state index in [0.29, 0.717) is 17.4 Å². The molecule has 0 saturated carbocycles. The molecule has 31 heavy (non-hydrogen) atoms. The molecule has 5 rings (SSSR count). The number of aryl methyl sites for hydroxylation is 1. The van der Waals surface area contributed by atoms with E-state index in [-0.39, 0.29) is 11.7 Å². The molecule has 1 fully saturated rings. The second-order valence-electron chi connectivity index (χ2n) is 7.87. The lowest BCUT2D eigenvalue weighted by Gasteiger charge is -2.34. The summed E-state index contributed by atoms with van der Waals surface area (Å²) in [5.41, 5.74) is 3.01. The quantitative estimate of drug-likeness (QED) is 0.465. The molecule has 0 unspecified atom stereocenters. The summed E-state index contributed by atoms with van der Waals surface area (Å²) in [5.74, 6) is 1.56. The normalized spacial score (nSPS) is 16.7. The molecular weight excluding hydrogens is 410 g/mol. The summed E-state index contributed by atoms with van der Waals surface area (Å²) < 4.78 is 3.84. The molecule has 7 heteroatoms. The topological polar surface area (TPSA) is 56.0 Å². The largest absolute Gasteiger partial charge is 0.354 e. The number of benzene rings is 2. The summed E-state index contributed by atoms with van der Waals surface area (Å²) in [6, 6.07) is 17.7. The van der Waals surface area contributed by atoms with Gasteiger partial charge in [0.05, 0.1) is 17.1 Å². The Morgan fingerprint density at radius 3 is 2.61 bits per heavy atom. The van der Waals surface area contributed by atoms with Gasteiger partial charge in [-0.1, -0.05) is 23.7 Å². The van der Waals surface area contributed by atoms with E-state index in [1.807, 2.05) is 70.7 Å². The van der Waals surface area contributed by atoms with Crippen LogP contribution >= 0.6 is 11.6 Å². The molecule has 1 aliphatic heterocycles. The maximum Gasteiger partial charge on any atom is 0.329 e. The van der Waals surface area contributed by atoms with Crippen LogP contribution in [0.1, 0.15) is 25.8 Å². The van der Waals surface area contributed by atoms with E-state index in [9.17, 15) is 4.79 Å². The van der Waals surface area contributed by atoms with Gasteiger partial charge in [-0.3, -0.25) is 9.13 Å². The van der Waals surface area contributed by atoms with Gasteiger partial charge in [0, 0.05) is 36.4 Å². The van der Waals surface area contributed by atoms with Gasteiger partial charge in [-0.05, 0) is 62.2 Å². The molecule has 3 heterocycles. The van der Waals surface area contributed by atoms with Gasteiger partial charge in [-0.2, -0.15) is 0 Å². The van der Waals surface area contributed by atoms with Crippen molar-refractivity contribution in [2.45, 2.75) is 32.4 Å². The highest BCUT2D eigenvalue weighted by molar-refractivity contribution is 6.30. The Kier molecular flexibility index (Phi) is 5.24. The number of para-hydroxylation sites is 2. The molecule has 1 aliphatic rings. The number of hydrogen-bond donors (Lipinski definition) is 0. The molecule has 0 aliphatic carbocycles. The third-order valence-corrected chi connectivity index (χ3v) is 6.27. The fraction of sp³-hybridized carbons (Fsp3) is 0.292. The fourth-order valence-corrected chi connectivity index (χ4v) is 4.65. The van der Waals surface area contributed by atoms with E-state index in [0.717, 1.165) is 48.3 Å². The summed E-state index contributed by atoms with van der Waals surface area (Å²) in [5, 5.41) is 0.690. The molecule has 0 bridgehead atoms. The van der Waals surface area contributed by atoms with Crippen LogP contribution in [0.5, 0.6) is 0 Å². The highest BCUT2D eigenvalue weighted by Crippen LogP contribution is 2.28. The lowest BCUT2D eigenvalue weighted by Crippen LogP contribution is -2.40. The predicted molar refractivity (Wildman–Crippen MR) is 125 cm³/mol. The van der Waals surface area contributed by atoms with Gasteiger partial charge in [0.25, 0.3) is 0 Å². The van der Waals surface area contributed by atoms with Gasteiger partial charge in [-0.15, -0.1) is 0 Å². The molecule has 0 N–H and O–H groups in total. The summed E-state index contributed by atoms with van der Waals surface area (Å²) in [6.45, 7) is 4.34. The van der Waals surface area contributed by atoms with Gasteiger partial charge in [0.1, 0.15) is 5.82 Å². The van der Waals surface area contributed by atoms with Crippen LogP contribution in [-0.2, 0) is 6.54 Å². The van der Waals surface area contributed by atoms with Gasteiger partial charge < -0.3 is 4.90 Å². The number of nitrogens with zero attached hydrogens (tertiary/aromatic N) is 5. The van der Waals surface area contributed by atoms with Crippen molar-refractivity contribution in [3.05, 3.63) is 76.3 Å². The molecule has 2 aromatic heterocycles. The first-order valence-electron chi connectivity index (χ1n) is 10.7. The molecule has 1 atom stereocenters. The first-order valence-corrected chi connectivity index (χ1v) is 11.1.